The van der Waals surface area contributed by atoms with Gasteiger partial charge < -0.3 is 34.2 Å². The van der Waals surface area contributed by atoms with Gasteiger partial charge in [-0.05, 0) is 6.42 Å². The fourth-order valence-electron chi connectivity index (χ4n) is 0.733. The topological polar surface area (TPSA) is 150 Å². The van der Waals surface area contributed by atoms with Crippen molar-refractivity contribution in [3.8, 4) is 0 Å². The summed E-state index contributed by atoms with van der Waals surface area (Å²) in [5.74, 6) is -1.15. The van der Waals surface area contributed by atoms with Gasteiger partial charge in [-0.25, -0.2) is 0 Å². The number of Topliss-reactive ketones (excluding diaryl/α,β-unsaturated/α-hetero) is 1. The number of ketones is 1. The second-order valence-electron chi connectivity index (χ2n) is 2.71. The zero-order valence-corrected chi connectivity index (χ0v) is 8.50. The average molecular weight is 242 g/mol. The van der Waals surface area contributed by atoms with Gasteiger partial charge in [0, 0.05) is 6.61 Å². The van der Waals surface area contributed by atoms with Gasteiger partial charge in [-0.2, -0.15) is 0 Å². The van der Waals surface area contributed by atoms with Crippen LogP contribution in [0.5, 0.6) is 0 Å². The molecule has 0 aromatic heterocycles. The first kappa shape index (κ1) is 14.7. The van der Waals surface area contributed by atoms with Crippen LogP contribution in [0, 0.1) is 0 Å². The summed E-state index contributed by atoms with van der Waals surface area (Å²) in [5.41, 5.74) is 0. The van der Waals surface area contributed by atoms with Gasteiger partial charge in [0.25, 0.3) is 0 Å². The fourth-order valence-corrected chi connectivity index (χ4v) is 1.02. The van der Waals surface area contributed by atoms with Gasteiger partial charge in [-0.3, -0.25) is 4.79 Å². The van der Waals surface area contributed by atoms with Crippen LogP contribution >= 0.6 is 7.82 Å². The minimum Gasteiger partial charge on any atom is -0.790 e. The number of phosphoric ester groups is 1. The number of carbonyl (C=O) groups is 1. The third kappa shape index (κ3) is 6.69. The predicted molar refractivity (Wildman–Crippen MR) is 42.3 cm³/mol. The summed E-state index contributed by atoms with van der Waals surface area (Å²) in [7, 11) is -5.27. The van der Waals surface area contributed by atoms with E-state index < -0.39 is 39.0 Å². The smallest absolute Gasteiger partial charge is 0.189 e. The largest absolute Gasteiger partial charge is 0.790 e. The number of hydrogen-bond donors (Lipinski definition) is 3. The van der Waals surface area contributed by atoms with E-state index in [2.05, 4.69) is 4.52 Å². The van der Waals surface area contributed by atoms with Crippen molar-refractivity contribution >= 4 is 13.6 Å². The highest BCUT2D eigenvalue weighted by Gasteiger charge is 2.23. The molecule has 0 aliphatic carbocycles. The van der Waals surface area contributed by atoms with E-state index in [0.717, 1.165) is 0 Å². The summed E-state index contributed by atoms with van der Waals surface area (Å²) in [6.07, 6.45) is -3.66. The quantitative estimate of drug-likeness (QED) is 0.389. The normalized spacial score (nSPS) is 16.1. The molecule has 0 saturated carbocycles. The maximum absolute atomic E-state index is 10.9. The Morgan fingerprint density at radius 2 is 1.93 bits per heavy atom. The molecule has 0 rings (SSSR count). The molecule has 0 amide bonds. The van der Waals surface area contributed by atoms with Crippen LogP contribution in [0.15, 0.2) is 0 Å². The molecule has 9 heteroatoms. The first-order chi connectivity index (χ1) is 6.78. The van der Waals surface area contributed by atoms with Crippen molar-refractivity contribution in [3.63, 3.8) is 0 Å². The van der Waals surface area contributed by atoms with Crippen LogP contribution in [0.3, 0.4) is 0 Å². The molecule has 2 atom stereocenters. The average Bonchev–Trinajstić information content (AvgIpc) is 2.12. The Balaban J connectivity index is 4.05. The molecule has 0 heterocycles. The van der Waals surface area contributed by atoms with Gasteiger partial charge in [0.1, 0.15) is 12.7 Å². The lowest BCUT2D eigenvalue weighted by molar-refractivity contribution is -0.341. The van der Waals surface area contributed by atoms with Gasteiger partial charge in [-0.15, -0.1) is 0 Å². The first-order valence-electron chi connectivity index (χ1n) is 3.94. The van der Waals surface area contributed by atoms with E-state index in [-0.39, 0.29) is 6.42 Å². The highest BCUT2D eigenvalue weighted by Crippen LogP contribution is 2.24. The van der Waals surface area contributed by atoms with Crippen molar-refractivity contribution < 1.29 is 39.0 Å². The summed E-state index contributed by atoms with van der Waals surface area (Å²) >= 11 is 0. The molecule has 0 saturated heterocycles. The van der Waals surface area contributed by atoms with Crippen molar-refractivity contribution in [2.75, 3.05) is 13.2 Å². The Bertz CT molecular complexity index is 248. The third-order valence-corrected chi connectivity index (χ3v) is 1.93. The second kappa shape index (κ2) is 6.29. The molecule has 3 N–H and O–H groups in total. The predicted octanol–water partition coefficient (Wildman–Crippen LogP) is -3.49. The van der Waals surface area contributed by atoms with E-state index in [0.29, 0.717) is 0 Å². The van der Waals surface area contributed by atoms with E-state index in [9.17, 15) is 19.1 Å². The number of aliphatic hydroxyl groups excluding tert-OH is 3. The van der Waals surface area contributed by atoms with Crippen LogP contribution in [0.1, 0.15) is 6.42 Å². The minimum atomic E-state index is -5.27. The molecule has 0 aromatic rings. The summed E-state index contributed by atoms with van der Waals surface area (Å²) in [6.45, 7) is -1.58. The lowest BCUT2D eigenvalue weighted by atomic mass is 10.1. The Hall–Kier alpha value is -0.340. The molecule has 0 unspecified atom stereocenters. The van der Waals surface area contributed by atoms with E-state index >= 15 is 0 Å². The highest BCUT2D eigenvalue weighted by atomic mass is 31.2. The molecular weight excluding hydrogens is 231 g/mol. The van der Waals surface area contributed by atoms with Gasteiger partial charge in [0.2, 0.25) is 0 Å². The molecule has 0 aliphatic rings. The van der Waals surface area contributed by atoms with Crippen LogP contribution in [-0.4, -0.2) is 46.5 Å². The number of hydrogen-bond acceptors (Lipinski definition) is 8. The van der Waals surface area contributed by atoms with Crippen molar-refractivity contribution in [2.45, 2.75) is 18.6 Å². The third-order valence-electron chi connectivity index (χ3n) is 1.48. The molecule has 0 radical (unpaired) electrons. The zero-order valence-electron chi connectivity index (χ0n) is 7.61. The maximum atomic E-state index is 10.9. The van der Waals surface area contributed by atoms with Crippen molar-refractivity contribution in [3.05, 3.63) is 0 Å². The molecule has 0 bridgehead atoms. The molecule has 8 nitrogen and oxygen atoms in total. The zero-order chi connectivity index (χ0) is 12.1. The van der Waals surface area contributed by atoms with Crippen LogP contribution in [0.25, 0.3) is 0 Å². The molecule has 15 heavy (non-hydrogen) atoms. The van der Waals surface area contributed by atoms with Crippen molar-refractivity contribution in [1.29, 1.82) is 0 Å². The number of carbonyl (C=O) groups excluding carboxylic acids is 1. The second-order valence-corrected chi connectivity index (χ2v) is 3.86. The van der Waals surface area contributed by atoms with E-state index in [4.69, 9.17) is 15.3 Å². The van der Waals surface area contributed by atoms with Crippen molar-refractivity contribution in [1.82, 2.24) is 0 Å². The van der Waals surface area contributed by atoms with Gasteiger partial charge in [-0.1, -0.05) is 0 Å². The van der Waals surface area contributed by atoms with E-state index in [1.54, 1.807) is 0 Å². The van der Waals surface area contributed by atoms with Gasteiger partial charge >= 0.3 is 0 Å². The SMILES string of the molecule is O=C(COP(=O)([O-])[O-])[C@H](O)[C@H](O)CCO. The maximum Gasteiger partial charge on any atom is 0.189 e. The summed E-state index contributed by atoms with van der Waals surface area (Å²) in [6, 6.07) is 0. The number of rotatable bonds is 7. The minimum absolute atomic E-state index is 0.251. The Morgan fingerprint density at radius 1 is 1.40 bits per heavy atom. The molecule has 0 aliphatic heterocycles. The summed E-state index contributed by atoms with van der Waals surface area (Å²) in [4.78, 5) is 30.8. The molecular formula is C6H11O8P-2. The lowest BCUT2D eigenvalue weighted by Crippen LogP contribution is -2.37. The van der Waals surface area contributed by atoms with Crippen LogP contribution < -0.4 is 9.79 Å². The van der Waals surface area contributed by atoms with Crippen LogP contribution in [0.2, 0.25) is 0 Å². The highest BCUT2D eigenvalue weighted by molar-refractivity contribution is 7.43. The Kier molecular flexibility index (Phi) is 6.15. The standard InChI is InChI=1S/C6H13O8P/c7-2-1-4(8)6(10)5(9)3-14-15(11,12)13/h4,6-8,10H,1-3H2,(H2,11,12,13)/p-2/t4-,6-/m1/s1. The first-order valence-corrected chi connectivity index (χ1v) is 5.40. The van der Waals surface area contributed by atoms with Gasteiger partial charge in [0.15, 0.2) is 5.78 Å². The van der Waals surface area contributed by atoms with Crippen molar-refractivity contribution in [2.24, 2.45) is 0 Å². The van der Waals surface area contributed by atoms with Crippen LogP contribution in [0.4, 0.5) is 0 Å². The molecule has 0 aromatic carbocycles. The summed E-state index contributed by atoms with van der Waals surface area (Å²) < 4.78 is 13.6. The summed E-state index contributed by atoms with van der Waals surface area (Å²) in [5, 5.41) is 26.4. The molecule has 0 spiro atoms. The van der Waals surface area contributed by atoms with E-state index in [1.807, 2.05) is 0 Å². The Labute approximate surface area is 85.4 Å². The number of phosphoric acid groups is 1. The number of aliphatic hydroxyl groups is 3. The molecule has 90 valence electrons. The fraction of sp³-hybridized carbons (Fsp3) is 0.833. The Morgan fingerprint density at radius 3 is 2.33 bits per heavy atom. The lowest BCUT2D eigenvalue weighted by Gasteiger charge is -2.28. The monoisotopic (exact) mass is 242 g/mol. The van der Waals surface area contributed by atoms with E-state index in [1.165, 1.54) is 0 Å². The van der Waals surface area contributed by atoms with Crippen LogP contribution in [-0.2, 0) is 13.9 Å². The van der Waals surface area contributed by atoms with Gasteiger partial charge in [0.05, 0.1) is 13.9 Å². The molecule has 0 fully saturated rings.